The van der Waals surface area contributed by atoms with Crippen LogP contribution in [0.2, 0.25) is 0 Å². The van der Waals surface area contributed by atoms with E-state index in [4.69, 9.17) is 4.74 Å². The molecule has 0 saturated carbocycles. The van der Waals surface area contributed by atoms with E-state index in [0.717, 1.165) is 28.0 Å². The summed E-state index contributed by atoms with van der Waals surface area (Å²) < 4.78 is 5.29. The van der Waals surface area contributed by atoms with Crippen molar-refractivity contribution in [2.45, 2.75) is 26.3 Å². The van der Waals surface area contributed by atoms with E-state index in [1.165, 1.54) is 0 Å². The molecule has 6 nitrogen and oxygen atoms in total. The highest BCUT2D eigenvalue weighted by atomic mass is 16.5. The number of rotatable bonds is 7. The fraction of sp³-hybridized carbons (Fsp3) is 0.261. The predicted octanol–water partition coefficient (Wildman–Crippen LogP) is 3.18. The third-order valence-electron chi connectivity index (χ3n) is 4.63. The van der Waals surface area contributed by atoms with Gasteiger partial charge in [0.1, 0.15) is 6.04 Å². The predicted molar refractivity (Wildman–Crippen MR) is 113 cm³/mol. The molecule has 0 fully saturated rings. The van der Waals surface area contributed by atoms with Crippen molar-refractivity contribution in [1.29, 1.82) is 0 Å². The van der Waals surface area contributed by atoms with Crippen LogP contribution < -0.4 is 10.6 Å². The lowest BCUT2D eigenvalue weighted by Crippen LogP contribution is -2.46. The van der Waals surface area contributed by atoms with Crippen molar-refractivity contribution in [1.82, 2.24) is 10.6 Å². The molecule has 0 aromatic heterocycles. The van der Waals surface area contributed by atoms with E-state index in [-0.39, 0.29) is 5.91 Å². The van der Waals surface area contributed by atoms with E-state index in [1.54, 1.807) is 6.92 Å². The first-order valence-corrected chi connectivity index (χ1v) is 9.66. The maximum Gasteiger partial charge on any atom is 0.339 e. The molecule has 0 spiro atoms. The summed E-state index contributed by atoms with van der Waals surface area (Å²) >= 11 is 0. The van der Waals surface area contributed by atoms with Crippen molar-refractivity contribution < 1.29 is 19.1 Å². The number of esters is 1. The average Bonchev–Trinajstić information content (AvgIpc) is 2.73. The zero-order valence-corrected chi connectivity index (χ0v) is 16.5. The number of hydrogen-bond acceptors (Lipinski definition) is 4. The molecule has 1 atom stereocenters. The molecule has 29 heavy (non-hydrogen) atoms. The van der Waals surface area contributed by atoms with Crippen molar-refractivity contribution >= 4 is 39.3 Å². The number of nitrogens with one attached hydrogen (secondary N) is 2. The van der Waals surface area contributed by atoms with Gasteiger partial charge in [0.25, 0.3) is 5.91 Å². The summed E-state index contributed by atoms with van der Waals surface area (Å²) in [6.45, 7) is 3.62. The first-order chi connectivity index (χ1) is 14.0. The number of fused-ring (bicyclic) bond motifs is 2. The van der Waals surface area contributed by atoms with Crippen molar-refractivity contribution in [2.75, 3.05) is 13.2 Å². The molecular weight excluding hydrogens is 368 g/mol. The Kier molecular flexibility index (Phi) is 6.44. The van der Waals surface area contributed by atoms with Gasteiger partial charge in [-0.25, -0.2) is 4.79 Å². The van der Waals surface area contributed by atoms with Gasteiger partial charge < -0.3 is 15.4 Å². The number of amides is 2. The maximum atomic E-state index is 12.9. The molecule has 0 bridgehead atoms. The second-order valence-corrected chi connectivity index (χ2v) is 6.85. The Balaban J connectivity index is 1.74. The molecule has 0 heterocycles. The minimum Gasteiger partial charge on any atom is -0.452 e. The van der Waals surface area contributed by atoms with E-state index >= 15 is 0 Å². The smallest absolute Gasteiger partial charge is 0.339 e. The second-order valence-electron chi connectivity index (χ2n) is 6.85. The maximum absolute atomic E-state index is 12.9. The van der Waals surface area contributed by atoms with Gasteiger partial charge in [0, 0.05) is 6.54 Å². The minimum atomic E-state index is -0.703. The van der Waals surface area contributed by atoms with Gasteiger partial charge in [0.2, 0.25) is 5.91 Å². The fourth-order valence-electron chi connectivity index (χ4n) is 3.19. The Hall–Kier alpha value is -3.41. The largest absolute Gasteiger partial charge is 0.452 e. The number of benzene rings is 3. The highest BCUT2D eigenvalue weighted by Crippen LogP contribution is 2.29. The summed E-state index contributed by atoms with van der Waals surface area (Å²) in [5.74, 6) is -1.37. The van der Waals surface area contributed by atoms with Crippen molar-refractivity contribution in [3.8, 4) is 0 Å². The second kappa shape index (κ2) is 9.19. The first-order valence-electron chi connectivity index (χ1n) is 9.66. The monoisotopic (exact) mass is 392 g/mol. The van der Waals surface area contributed by atoms with E-state index in [0.29, 0.717) is 12.1 Å². The SMILES string of the molecule is CCCNC(=O)[C@@H](C)NC(=O)COC(=O)c1c2ccccc2cc2ccccc12. The van der Waals surface area contributed by atoms with Gasteiger partial charge in [-0.05, 0) is 41.0 Å². The van der Waals surface area contributed by atoms with Crippen molar-refractivity contribution in [3.63, 3.8) is 0 Å². The van der Waals surface area contributed by atoms with Crippen molar-refractivity contribution in [2.24, 2.45) is 0 Å². The Morgan fingerprint density at radius 1 is 0.966 bits per heavy atom. The number of ether oxygens (including phenoxy) is 1. The Labute approximate surface area is 169 Å². The lowest BCUT2D eigenvalue weighted by molar-refractivity contribution is -0.130. The van der Waals surface area contributed by atoms with Crippen LogP contribution in [0.1, 0.15) is 30.6 Å². The van der Waals surface area contributed by atoms with Crippen LogP contribution in [-0.4, -0.2) is 37.0 Å². The average molecular weight is 392 g/mol. The Morgan fingerprint density at radius 3 is 2.14 bits per heavy atom. The van der Waals surface area contributed by atoms with Crippen LogP contribution in [-0.2, 0) is 14.3 Å². The molecule has 0 saturated heterocycles. The van der Waals surface area contributed by atoms with E-state index in [1.807, 2.05) is 61.5 Å². The minimum absolute atomic E-state index is 0.272. The summed E-state index contributed by atoms with van der Waals surface area (Å²) in [5.41, 5.74) is 0.431. The zero-order chi connectivity index (χ0) is 20.8. The molecule has 0 aliphatic carbocycles. The summed E-state index contributed by atoms with van der Waals surface area (Å²) in [5, 5.41) is 8.62. The molecule has 3 rings (SSSR count). The van der Waals surface area contributed by atoms with Gasteiger partial charge in [-0.3, -0.25) is 9.59 Å². The zero-order valence-electron chi connectivity index (χ0n) is 16.5. The highest BCUT2D eigenvalue weighted by molar-refractivity contribution is 6.16. The third-order valence-corrected chi connectivity index (χ3v) is 4.63. The lowest BCUT2D eigenvalue weighted by atomic mass is 9.97. The van der Waals surface area contributed by atoms with Crippen LogP contribution in [0.15, 0.2) is 54.6 Å². The molecule has 6 heteroatoms. The number of hydrogen-bond donors (Lipinski definition) is 2. The van der Waals surface area contributed by atoms with Crippen LogP contribution in [0.5, 0.6) is 0 Å². The van der Waals surface area contributed by atoms with Gasteiger partial charge in [0.05, 0.1) is 5.56 Å². The number of carbonyl (C=O) groups excluding carboxylic acids is 3. The molecule has 3 aromatic rings. The van der Waals surface area contributed by atoms with Crippen LogP contribution in [0.25, 0.3) is 21.5 Å². The molecule has 0 radical (unpaired) electrons. The van der Waals surface area contributed by atoms with E-state index in [9.17, 15) is 14.4 Å². The summed E-state index contributed by atoms with van der Waals surface area (Å²) in [6.07, 6.45) is 0.809. The van der Waals surface area contributed by atoms with Crippen LogP contribution in [0.3, 0.4) is 0 Å². The van der Waals surface area contributed by atoms with Gasteiger partial charge in [0.15, 0.2) is 6.61 Å². The summed E-state index contributed by atoms with van der Waals surface area (Å²) in [6, 6.07) is 16.4. The third kappa shape index (κ3) is 4.71. The van der Waals surface area contributed by atoms with Gasteiger partial charge in [-0.1, -0.05) is 55.5 Å². The summed E-state index contributed by atoms with van der Waals surface area (Å²) in [7, 11) is 0. The number of carbonyl (C=O) groups is 3. The topological polar surface area (TPSA) is 84.5 Å². The quantitative estimate of drug-likeness (QED) is 0.478. The molecule has 150 valence electrons. The Morgan fingerprint density at radius 2 is 1.55 bits per heavy atom. The van der Waals surface area contributed by atoms with Crippen molar-refractivity contribution in [3.05, 3.63) is 60.2 Å². The molecule has 0 aliphatic heterocycles. The van der Waals surface area contributed by atoms with E-state index in [2.05, 4.69) is 10.6 Å². The van der Waals surface area contributed by atoms with Crippen LogP contribution in [0.4, 0.5) is 0 Å². The molecule has 2 amide bonds. The molecule has 3 aromatic carbocycles. The van der Waals surface area contributed by atoms with Gasteiger partial charge in [-0.2, -0.15) is 0 Å². The van der Waals surface area contributed by atoms with E-state index < -0.39 is 24.5 Å². The van der Waals surface area contributed by atoms with Crippen LogP contribution >= 0.6 is 0 Å². The Bertz CT molecular complexity index is 1010. The van der Waals surface area contributed by atoms with Gasteiger partial charge in [-0.15, -0.1) is 0 Å². The molecule has 2 N–H and O–H groups in total. The fourth-order valence-corrected chi connectivity index (χ4v) is 3.19. The molecule has 0 aliphatic rings. The molecular formula is C23H24N2O4. The standard InChI is InChI=1S/C23H24N2O4/c1-3-12-24-22(27)15(2)25-20(26)14-29-23(28)21-18-10-6-4-8-16(18)13-17-9-5-7-11-19(17)21/h4-11,13,15H,3,12,14H2,1-2H3,(H,24,27)(H,25,26)/t15-/m1/s1. The summed E-state index contributed by atoms with van der Waals surface area (Å²) in [4.78, 5) is 36.8. The first kappa shape index (κ1) is 20.3. The normalized spacial score (nSPS) is 11.8. The lowest BCUT2D eigenvalue weighted by Gasteiger charge is -2.14. The molecule has 0 unspecified atom stereocenters. The van der Waals surface area contributed by atoms with Crippen LogP contribution in [0, 0.1) is 0 Å². The highest BCUT2D eigenvalue weighted by Gasteiger charge is 2.19. The van der Waals surface area contributed by atoms with Gasteiger partial charge >= 0.3 is 5.97 Å².